The van der Waals surface area contributed by atoms with Crippen LogP contribution in [0.2, 0.25) is 0 Å². The summed E-state index contributed by atoms with van der Waals surface area (Å²) in [7, 11) is 2.97. The van der Waals surface area contributed by atoms with Crippen molar-refractivity contribution in [2.75, 3.05) is 20.8 Å². The van der Waals surface area contributed by atoms with Crippen LogP contribution >= 0.6 is 0 Å². The molecule has 0 aliphatic carbocycles. The number of ether oxygens (including phenoxy) is 3. The van der Waals surface area contributed by atoms with Gasteiger partial charge in [0, 0.05) is 13.5 Å². The molecule has 1 atom stereocenters. The molecule has 24 heavy (non-hydrogen) atoms. The van der Waals surface area contributed by atoms with Crippen molar-refractivity contribution in [3.63, 3.8) is 0 Å². The first kappa shape index (κ1) is 18.1. The van der Waals surface area contributed by atoms with Gasteiger partial charge in [-0.25, -0.2) is 0 Å². The van der Waals surface area contributed by atoms with Crippen molar-refractivity contribution in [1.82, 2.24) is 10.2 Å². The van der Waals surface area contributed by atoms with E-state index in [1.807, 2.05) is 20.8 Å². The molecule has 0 bridgehead atoms. The van der Waals surface area contributed by atoms with Crippen molar-refractivity contribution in [3.8, 4) is 17.2 Å². The molecule has 0 radical (unpaired) electrons. The third-order valence-electron chi connectivity index (χ3n) is 3.99. The Hall–Kier alpha value is -2.28. The lowest BCUT2D eigenvalue weighted by Crippen LogP contribution is -2.40. The van der Waals surface area contributed by atoms with E-state index >= 15 is 0 Å². The Morgan fingerprint density at radius 1 is 1.25 bits per heavy atom. The first-order valence-corrected chi connectivity index (χ1v) is 7.78. The van der Waals surface area contributed by atoms with Crippen LogP contribution in [0.15, 0.2) is 12.1 Å². The van der Waals surface area contributed by atoms with E-state index in [0.717, 1.165) is 5.56 Å². The summed E-state index contributed by atoms with van der Waals surface area (Å²) >= 11 is 0. The minimum absolute atomic E-state index is 0.0250. The Bertz CT molecular complexity index is 631. The van der Waals surface area contributed by atoms with Gasteiger partial charge in [-0.15, -0.1) is 0 Å². The van der Waals surface area contributed by atoms with Crippen LogP contribution in [0.1, 0.15) is 39.4 Å². The summed E-state index contributed by atoms with van der Waals surface area (Å²) in [4.78, 5) is 25.6. The van der Waals surface area contributed by atoms with Crippen LogP contribution in [0.25, 0.3) is 0 Å². The number of likely N-dealkylation sites (N-methyl/N-ethyl adjacent to an activating group) is 1. The predicted molar refractivity (Wildman–Crippen MR) is 88.2 cm³/mol. The third-order valence-corrected chi connectivity index (χ3v) is 3.99. The summed E-state index contributed by atoms with van der Waals surface area (Å²) < 4.78 is 15.9. The molecule has 7 heteroatoms. The lowest BCUT2D eigenvalue weighted by Gasteiger charge is -2.24. The fraction of sp³-hybridized carbons (Fsp3) is 0.529. The van der Waals surface area contributed by atoms with Crippen LogP contribution in [0, 0.1) is 0 Å². The van der Waals surface area contributed by atoms with Gasteiger partial charge in [0.2, 0.25) is 11.7 Å². The van der Waals surface area contributed by atoms with E-state index in [9.17, 15) is 9.59 Å². The Morgan fingerprint density at radius 3 is 2.21 bits per heavy atom. The molecule has 2 rings (SSSR count). The van der Waals surface area contributed by atoms with Gasteiger partial charge < -0.3 is 19.1 Å². The molecule has 1 fully saturated rings. The maximum absolute atomic E-state index is 12.5. The quantitative estimate of drug-likeness (QED) is 0.653. The number of hydrogen-bond donors (Lipinski definition) is 1. The number of nitrogens with one attached hydrogen (secondary N) is 1. The van der Waals surface area contributed by atoms with Gasteiger partial charge in [-0.2, -0.15) is 0 Å². The van der Waals surface area contributed by atoms with Crippen LogP contribution in [0.4, 0.5) is 0 Å². The highest BCUT2D eigenvalue weighted by Gasteiger charge is 2.44. The number of carbonyl (C=O) groups excluding carboxylic acids is 2. The summed E-state index contributed by atoms with van der Waals surface area (Å²) in [5.41, 5.74) is 0.135. The van der Waals surface area contributed by atoms with Gasteiger partial charge in [0.1, 0.15) is 6.17 Å². The highest BCUT2D eigenvalue weighted by atomic mass is 16.6. The number of methoxy groups -OCH3 is 2. The van der Waals surface area contributed by atoms with Gasteiger partial charge in [0.25, 0.3) is 0 Å². The monoisotopic (exact) mass is 336 g/mol. The number of carbonyl (C=O) groups is 2. The molecule has 0 aromatic heterocycles. The SMILES string of the molecule is CCN1C(=O)C(C)(C)NC1c1cc(OC)c(OC(C)=O)c(OC)c1. The number of nitrogens with zero attached hydrogens (tertiary/aromatic N) is 1. The van der Waals surface area contributed by atoms with Crippen LogP contribution < -0.4 is 19.5 Å². The molecule has 132 valence electrons. The molecule has 7 nitrogen and oxygen atoms in total. The van der Waals surface area contributed by atoms with Gasteiger partial charge in [0.05, 0.1) is 19.8 Å². The number of hydrogen-bond acceptors (Lipinski definition) is 6. The van der Waals surface area contributed by atoms with E-state index < -0.39 is 11.5 Å². The van der Waals surface area contributed by atoms with Crippen molar-refractivity contribution in [2.24, 2.45) is 0 Å². The molecule has 1 N–H and O–H groups in total. The topological polar surface area (TPSA) is 77.1 Å². The van der Waals surface area contributed by atoms with E-state index in [0.29, 0.717) is 18.0 Å². The van der Waals surface area contributed by atoms with Gasteiger partial charge in [-0.05, 0) is 38.5 Å². The van der Waals surface area contributed by atoms with Gasteiger partial charge in [-0.1, -0.05) is 0 Å². The molecule has 1 saturated heterocycles. The maximum atomic E-state index is 12.5. The summed E-state index contributed by atoms with van der Waals surface area (Å²) in [6, 6.07) is 3.49. The summed E-state index contributed by atoms with van der Waals surface area (Å²) in [5.74, 6) is 0.522. The van der Waals surface area contributed by atoms with E-state index in [4.69, 9.17) is 14.2 Å². The minimum Gasteiger partial charge on any atom is -0.493 e. The highest BCUT2D eigenvalue weighted by molar-refractivity contribution is 5.88. The van der Waals surface area contributed by atoms with E-state index in [2.05, 4.69) is 5.32 Å². The van der Waals surface area contributed by atoms with Gasteiger partial charge in [-0.3, -0.25) is 14.9 Å². The van der Waals surface area contributed by atoms with Gasteiger partial charge >= 0.3 is 5.97 Å². The molecule has 1 aromatic rings. The number of esters is 1. The summed E-state index contributed by atoms with van der Waals surface area (Å²) in [5, 5.41) is 3.32. The van der Waals surface area contributed by atoms with Crippen LogP contribution in [-0.4, -0.2) is 43.1 Å². The highest BCUT2D eigenvalue weighted by Crippen LogP contribution is 2.42. The number of amides is 1. The molecule has 0 spiro atoms. The zero-order valence-corrected chi connectivity index (χ0v) is 14.9. The molecule has 1 aliphatic heterocycles. The maximum Gasteiger partial charge on any atom is 0.308 e. The smallest absolute Gasteiger partial charge is 0.308 e. The molecule has 1 heterocycles. The van der Waals surface area contributed by atoms with Gasteiger partial charge in [0.15, 0.2) is 11.5 Å². The molecular weight excluding hydrogens is 312 g/mol. The fourth-order valence-electron chi connectivity index (χ4n) is 2.85. The first-order valence-electron chi connectivity index (χ1n) is 7.78. The Balaban J connectivity index is 2.51. The van der Waals surface area contributed by atoms with Crippen molar-refractivity contribution < 1.29 is 23.8 Å². The van der Waals surface area contributed by atoms with E-state index in [1.165, 1.54) is 21.1 Å². The van der Waals surface area contributed by atoms with Crippen molar-refractivity contribution >= 4 is 11.9 Å². The Kier molecular flexibility index (Phi) is 5.03. The lowest BCUT2D eigenvalue weighted by molar-refractivity contribution is -0.132. The summed E-state index contributed by atoms with van der Waals surface area (Å²) in [6.07, 6.45) is -0.313. The zero-order valence-electron chi connectivity index (χ0n) is 14.9. The molecule has 1 unspecified atom stereocenters. The van der Waals surface area contributed by atoms with Crippen molar-refractivity contribution in [3.05, 3.63) is 17.7 Å². The van der Waals surface area contributed by atoms with E-state index in [-0.39, 0.29) is 17.8 Å². The molecule has 1 aliphatic rings. The minimum atomic E-state index is -0.657. The van der Waals surface area contributed by atoms with Crippen molar-refractivity contribution in [2.45, 2.75) is 39.4 Å². The molecule has 0 saturated carbocycles. The molecular formula is C17H24N2O5. The Morgan fingerprint density at radius 2 is 1.79 bits per heavy atom. The predicted octanol–water partition coefficient (Wildman–Crippen LogP) is 1.86. The second-order valence-electron chi connectivity index (χ2n) is 6.11. The first-order chi connectivity index (χ1) is 11.2. The number of rotatable bonds is 5. The van der Waals surface area contributed by atoms with Crippen molar-refractivity contribution in [1.29, 1.82) is 0 Å². The fourth-order valence-corrected chi connectivity index (χ4v) is 2.85. The molecule has 1 amide bonds. The zero-order chi connectivity index (χ0) is 18.1. The average molecular weight is 336 g/mol. The van der Waals surface area contributed by atoms with Crippen LogP contribution in [0.3, 0.4) is 0 Å². The Labute approximate surface area is 141 Å². The van der Waals surface area contributed by atoms with Crippen LogP contribution in [-0.2, 0) is 9.59 Å². The third kappa shape index (κ3) is 3.17. The van der Waals surface area contributed by atoms with E-state index in [1.54, 1.807) is 17.0 Å². The normalized spacial score (nSPS) is 19.3. The number of benzene rings is 1. The average Bonchev–Trinajstić information content (AvgIpc) is 2.76. The second kappa shape index (κ2) is 6.68. The second-order valence-corrected chi connectivity index (χ2v) is 6.11. The van der Waals surface area contributed by atoms with Crippen LogP contribution in [0.5, 0.6) is 17.2 Å². The molecule has 1 aromatic carbocycles. The standard InChI is InChI=1S/C17H24N2O5/c1-7-19-15(18-17(3,4)16(19)21)11-8-12(22-5)14(24-10(2)20)13(9-11)23-6/h8-9,15,18H,7H2,1-6H3. The summed E-state index contributed by atoms with van der Waals surface area (Å²) in [6.45, 7) is 7.50. The lowest BCUT2D eigenvalue weighted by atomic mass is 10.1. The largest absolute Gasteiger partial charge is 0.493 e.